The molecule has 42 heavy (non-hydrogen) atoms. The molecule has 0 bridgehead atoms. The standard InChI is InChI=1S/C38H26N4/c1-5-14-27(15-6-1)33-24-25-39-38(40-33)32-23-13-22-31(26-32)37-36(30-20-11-4-12-21-30)41-34(28-16-7-2-8-17-28)35(42-37)29-18-9-3-10-19-29/h1-26H. The molecule has 2 aromatic heterocycles. The second kappa shape index (κ2) is 11.4. The van der Waals surface area contributed by atoms with E-state index in [4.69, 9.17) is 15.0 Å². The second-order valence-electron chi connectivity index (χ2n) is 9.93. The summed E-state index contributed by atoms with van der Waals surface area (Å²) in [6, 6.07) is 51.2. The molecule has 0 saturated carbocycles. The molecule has 0 saturated heterocycles. The Balaban J connectivity index is 1.43. The Hall–Kier alpha value is -5.74. The van der Waals surface area contributed by atoms with Gasteiger partial charge in [-0.15, -0.1) is 0 Å². The van der Waals surface area contributed by atoms with Crippen molar-refractivity contribution >= 4 is 0 Å². The van der Waals surface area contributed by atoms with Gasteiger partial charge in [0.25, 0.3) is 0 Å². The van der Waals surface area contributed by atoms with E-state index in [-0.39, 0.29) is 0 Å². The molecule has 0 unspecified atom stereocenters. The first-order valence-electron chi connectivity index (χ1n) is 13.9. The lowest BCUT2D eigenvalue weighted by atomic mass is 9.98. The zero-order valence-corrected chi connectivity index (χ0v) is 22.8. The fourth-order valence-corrected chi connectivity index (χ4v) is 5.10. The molecule has 7 aromatic rings. The van der Waals surface area contributed by atoms with Crippen LogP contribution in [0.3, 0.4) is 0 Å². The maximum Gasteiger partial charge on any atom is 0.159 e. The van der Waals surface area contributed by atoms with Crippen LogP contribution in [0.4, 0.5) is 0 Å². The van der Waals surface area contributed by atoms with Gasteiger partial charge in [-0.2, -0.15) is 0 Å². The average molecular weight is 539 g/mol. The van der Waals surface area contributed by atoms with Gasteiger partial charge in [0.05, 0.1) is 28.5 Å². The lowest BCUT2D eigenvalue weighted by molar-refractivity contribution is 1.18. The van der Waals surface area contributed by atoms with Crippen molar-refractivity contribution in [1.29, 1.82) is 0 Å². The molecule has 0 aliphatic heterocycles. The molecule has 0 aliphatic rings. The van der Waals surface area contributed by atoms with Crippen LogP contribution in [0.25, 0.3) is 67.7 Å². The first-order valence-corrected chi connectivity index (χ1v) is 13.9. The Kier molecular flexibility index (Phi) is 6.85. The van der Waals surface area contributed by atoms with E-state index < -0.39 is 0 Å². The van der Waals surface area contributed by atoms with Gasteiger partial charge in [0.15, 0.2) is 5.82 Å². The highest BCUT2D eigenvalue weighted by Crippen LogP contribution is 2.37. The van der Waals surface area contributed by atoms with Crippen molar-refractivity contribution in [2.45, 2.75) is 0 Å². The van der Waals surface area contributed by atoms with Crippen LogP contribution < -0.4 is 0 Å². The summed E-state index contributed by atoms with van der Waals surface area (Å²) in [4.78, 5) is 20.2. The topological polar surface area (TPSA) is 51.6 Å². The van der Waals surface area contributed by atoms with Gasteiger partial charge in [0.2, 0.25) is 0 Å². The van der Waals surface area contributed by atoms with Crippen LogP contribution in [0.2, 0.25) is 0 Å². The third kappa shape index (κ3) is 5.09. The molecule has 4 heteroatoms. The molecule has 0 amide bonds. The number of rotatable bonds is 6. The van der Waals surface area contributed by atoms with Gasteiger partial charge in [-0.05, 0) is 12.1 Å². The Bertz CT molecular complexity index is 1960. The zero-order valence-electron chi connectivity index (χ0n) is 22.8. The van der Waals surface area contributed by atoms with Gasteiger partial charge >= 0.3 is 0 Å². The lowest BCUT2D eigenvalue weighted by Gasteiger charge is -2.16. The quantitative estimate of drug-likeness (QED) is 0.212. The molecule has 0 aliphatic carbocycles. The molecule has 0 radical (unpaired) electrons. The fourth-order valence-electron chi connectivity index (χ4n) is 5.10. The molecular formula is C38H26N4. The number of hydrogen-bond donors (Lipinski definition) is 0. The third-order valence-electron chi connectivity index (χ3n) is 7.16. The molecule has 198 valence electrons. The Labute approximate surface area is 245 Å². The minimum atomic E-state index is 0.664. The molecule has 5 aromatic carbocycles. The van der Waals surface area contributed by atoms with Crippen molar-refractivity contribution < 1.29 is 0 Å². The summed E-state index contributed by atoms with van der Waals surface area (Å²) in [7, 11) is 0. The SMILES string of the molecule is c1ccc(-c2ccnc(-c3cccc(-c4nc(-c5ccccc5)c(-c5ccccc5)nc4-c4ccccc4)c3)n2)cc1. The minimum absolute atomic E-state index is 0.664. The third-order valence-corrected chi connectivity index (χ3v) is 7.16. The molecular weight excluding hydrogens is 512 g/mol. The van der Waals surface area contributed by atoms with Crippen LogP contribution in [-0.2, 0) is 0 Å². The van der Waals surface area contributed by atoms with Crippen LogP contribution in [0, 0.1) is 0 Å². The summed E-state index contributed by atoms with van der Waals surface area (Å²) in [5.41, 5.74) is 10.2. The number of aromatic nitrogens is 4. The molecule has 0 N–H and O–H groups in total. The molecule has 4 nitrogen and oxygen atoms in total. The van der Waals surface area contributed by atoms with E-state index in [0.717, 1.165) is 61.9 Å². The van der Waals surface area contributed by atoms with Crippen LogP contribution in [0.1, 0.15) is 0 Å². The van der Waals surface area contributed by atoms with Gasteiger partial charge < -0.3 is 0 Å². The van der Waals surface area contributed by atoms with E-state index in [1.54, 1.807) is 0 Å². The molecule has 0 spiro atoms. The normalized spacial score (nSPS) is 10.9. The first kappa shape index (κ1) is 25.2. The van der Waals surface area contributed by atoms with Crippen molar-refractivity contribution in [3.8, 4) is 67.7 Å². The molecule has 2 heterocycles. The Morgan fingerprint density at radius 2 is 0.714 bits per heavy atom. The summed E-state index contributed by atoms with van der Waals surface area (Å²) < 4.78 is 0. The van der Waals surface area contributed by atoms with E-state index in [2.05, 4.69) is 65.6 Å². The highest BCUT2D eigenvalue weighted by Gasteiger charge is 2.20. The van der Waals surface area contributed by atoms with Gasteiger partial charge in [0.1, 0.15) is 0 Å². The number of nitrogens with zero attached hydrogens (tertiary/aromatic N) is 4. The molecule has 0 atom stereocenters. The Morgan fingerprint density at radius 3 is 1.21 bits per heavy atom. The predicted octanol–water partition coefficient (Wildman–Crippen LogP) is 9.27. The monoisotopic (exact) mass is 538 g/mol. The summed E-state index contributed by atoms with van der Waals surface area (Å²) in [6.45, 7) is 0. The van der Waals surface area contributed by atoms with Crippen molar-refractivity contribution in [1.82, 2.24) is 19.9 Å². The first-order chi connectivity index (χ1) is 20.8. The highest BCUT2D eigenvalue weighted by atomic mass is 14.9. The minimum Gasteiger partial charge on any atom is -0.243 e. The van der Waals surface area contributed by atoms with Crippen LogP contribution in [0.5, 0.6) is 0 Å². The average Bonchev–Trinajstić information content (AvgIpc) is 3.09. The highest BCUT2D eigenvalue weighted by molar-refractivity contribution is 5.87. The smallest absolute Gasteiger partial charge is 0.159 e. The van der Waals surface area contributed by atoms with E-state index in [0.29, 0.717) is 5.82 Å². The zero-order chi connectivity index (χ0) is 28.1. The van der Waals surface area contributed by atoms with Crippen molar-refractivity contribution in [3.05, 3.63) is 158 Å². The second-order valence-corrected chi connectivity index (χ2v) is 9.93. The van der Waals surface area contributed by atoms with Crippen LogP contribution >= 0.6 is 0 Å². The van der Waals surface area contributed by atoms with E-state index in [1.165, 1.54) is 0 Å². The molecule has 7 rings (SSSR count). The number of hydrogen-bond acceptors (Lipinski definition) is 4. The van der Waals surface area contributed by atoms with E-state index in [9.17, 15) is 0 Å². The van der Waals surface area contributed by atoms with Gasteiger partial charge in [-0.25, -0.2) is 19.9 Å². The van der Waals surface area contributed by atoms with E-state index in [1.807, 2.05) is 97.2 Å². The van der Waals surface area contributed by atoms with Crippen LogP contribution in [-0.4, -0.2) is 19.9 Å². The van der Waals surface area contributed by atoms with Gasteiger partial charge in [0, 0.05) is 39.6 Å². The largest absolute Gasteiger partial charge is 0.243 e. The lowest BCUT2D eigenvalue weighted by Crippen LogP contribution is -2.01. The predicted molar refractivity (Wildman–Crippen MR) is 170 cm³/mol. The fraction of sp³-hybridized carbons (Fsp3) is 0. The van der Waals surface area contributed by atoms with Gasteiger partial charge in [-0.3, -0.25) is 0 Å². The van der Waals surface area contributed by atoms with Crippen molar-refractivity contribution in [2.24, 2.45) is 0 Å². The summed E-state index contributed by atoms with van der Waals surface area (Å²) in [5, 5.41) is 0. The van der Waals surface area contributed by atoms with Gasteiger partial charge in [-0.1, -0.05) is 140 Å². The Morgan fingerprint density at radius 1 is 0.310 bits per heavy atom. The maximum absolute atomic E-state index is 5.36. The summed E-state index contributed by atoms with van der Waals surface area (Å²) in [5.74, 6) is 0.664. The number of benzene rings is 5. The van der Waals surface area contributed by atoms with Crippen LogP contribution in [0.15, 0.2) is 158 Å². The maximum atomic E-state index is 5.36. The summed E-state index contributed by atoms with van der Waals surface area (Å²) in [6.07, 6.45) is 1.81. The summed E-state index contributed by atoms with van der Waals surface area (Å²) >= 11 is 0. The molecule has 0 fully saturated rings. The van der Waals surface area contributed by atoms with Crippen molar-refractivity contribution in [2.75, 3.05) is 0 Å². The van der Waals surface area contributed by atoms with Crippen molar-refractivity contribution in [3.63, 3.8) is 0 Å². The van der Waals surface area contributed by atoms with E-state index >= 15 is 0 Å².